The summed E-state index contributed by atoms with van der Waals surface area (Å²) in [6.07, 6.45) is 7.21. The van der Waals surface area contributed by atoms with E-state index in [4.69, 9.17) is 4.98 Å². The Hall–Kier alpha value is -1.32. The van der Waals surface area contributed by atoms with E-state index in [2.05, 4.69) is 42.0 Å². The summed E-state index contributed by atoms with van der Waals surface area (Å²) >= 11 is 0. The van der Waals surface area contributed by atoms with E-state index in [0.717, 1.165) is 43.4 Å². The fourth-order valence-electron chi connectivity index (χ4n) is 2.75. The average molecular weight is 276 g/mol. The predicted octanol–water partition coefficient (Wildman–Crippen LogP) is 3.63. The van der Waals surface area contributed by atoms with Crippen molar-refractivity contribution in [1.29, 1.82) is 0 Å². The summed E-state index contributed by atoms with van der Waals surface area (Å²) in [5, 5.41) is 3.40. The lowest BCUT2D eigenvalue weighted by atomic mass is 10.1. The lowest BCUT2D eigenvalue weighted by molar-refractivity contribution is 0.609. The summed E-state index contributed by atoms with van der Waals surface area (Å²) < 4.78 is 0. The molecule has 0 saturated carbocycles. The standard InChI is InChI=1S/C16H28N4/c1-4-10-17-15-12-16(19-14(5-2)18-15)20-11-8-6-7-9-13(20)3/h12-13H,4-11H2,1-3H3,(H,17,18,19). The molecule has 0 bridgehead atoms. The molecule has 0 aromatic carbocycles. The maximum atomic E-state index is 4.75. The van der Waals surface area contributed by atoms with Crippen molar-refractivity contribution in [1.82, 2.24) is 9.97 Å². The van der Waals surface area contributed by atoms with Crippen molar-refractivity contribution in [3.8, 4) is 0 Å². The summed E-state index contributed by atoms with van der Waals surface area (Å²) in [5.41, 5.74) is 0. The van der Waals surface area contributed by atoms with Crippen molar-refractivity contribution in [2.75, 3.05) is 23.3 Å². The topological polar surface area (TPSA) is 41.0 Å². The van der Waals surface area contributed by atoms with E-state index in [1.54, 1.807) is 0 Å². The van der Waals surface area contributed by atoms with E-state index >= 15 is 0 Å². The SMILES string of the molecule is CCCNc1cc(N2CCCCCC2C)nc(CC)n1. The highest BCUT2D eigenvalue weighted by atomic mass is 15.2. The van der Waals surface area contributed by atoms with Gasteiger partial charge in [0.15, 0.2) is 0 Å². The highest BCUT2D eigenvalue weighted by Crippen LogP contribution is 2.24. The fourth-order valence-corrected chi connectivity index (χ4v) is 2.75. The van der Waals surface area contributed by atoms with Gasteiger partial charge in [0.1, 0.15) is 17.5 Å². The molecule has 2 rings (SSSR count). The molecule has 1 aromatic heterocycles. The largest absolute Gasteiger partial charge is 0.370 e. The van der Waals surface area contributed by atoms with Crippen LogP contribution in [-0.2, 0) is 6.42 Å². The van der Waals surface area contributed by atoms with Crippen LogP contribution in [0.2, 0.25) is 0 Å². The number of anilines is 2. The zero-order valence-electron chi connectivity index (χ0n) is 13.2. The minimum absolute atomic E-state index is 0.580. The maximum Gasteiger partial charge on any atom is 0.134 e. The van der Waals surface area contributed by atoms with Gasteiger partial charge in [0.05, 0.1) is 0 Å². The first-order valence-corrected chi connectivity index (χ1v) is 8.13. The third-order valence-electron chi connectivity index (χ3n) is 3.98. The Morgan fingerprint density at radius 3 is 2.85 bits per heavy atom. The zero-order valence-corrected chi connectivity index (χ0v) is 13.2. The van der Waals surface area contributed by atoms with Crippen LogP contribution in [0.4, 0.5) is 11.6 Å². The first kappa shape index (κ1) is 15.1. The van der Waals surface area contributed by atoms with Gasteiger partial charge < -0.3 is 10.2 Å². The lowest BCUT2D eigenvalue weighted by Crippen LogP contribution is -2.33. The molecule has 1 aliphatic heterocycles. The van der Waals surface area contributed by atoms with E-state index < -0.39 is 0 Å². The van der Waals surface area contributed by atoms with Crippen LogP contribution in [0.1, 0.15) is 58.7 Å². The molecule has 20 heavy (non-hydrogen) atoms. The average Bonchev–Trinajstić information content (AvgIpc) is 2.69. The molecule has 112 valence electrons. The number of nitrogens with one attached hydrogen (secondary N) is 1. The van der Waals surface area contributed by atoms with Gasteiger partial charge in [0, 0.05) is 31.6 Å². The first-order valence-electron chi connectivity index (χ1n) is 8.13. The van der Waals surface area contributed by atoms with Crippen molar-refractivity contribution in [2.24, 2.45) is 0 Å². The van der Waals surface area contributed by atoms with Crippen LogP contribution in [0.5, 0.6) is 0 Å². The van der Waals surface area contributed by atoms with Crippen LogP contribution in [0.25, 0.3) is 0 Å². The number of rotatable bonds is 5. The molecule has 1 atom stereocenters. The first-order chi connectivity index (χ1) is 9.74. The molecule has 0 radical (unpaired) electrons. The molecular formula is C16H28N4. The van der Waals surface area contributed by atoms with Crippen molar-refractivity contribution in [2.45, 2.75) is 65.3 Å². The van der Waals surface area contributed by atoms with Gasteiger partial charge in [-0.15, -0.1) is 0 Å². The fraction of sp³-hybridized carbons (Fsp3) is 0.750. The molecule has 0 spiro atoms. The number of aryl methyl sites for hydroxylation is 1. The van der Waals surface area contributed by atoms with Crippen LogP contribution in [0.3, 0.4) is 0 Å². The molecule has 1 fully saturated rings. The van der Waals surface area contributed by atoms with Crippen LogP contribution < -0.4 is 10.2 Å². The Bertz CT molecular complexity index is 419. The van der Waals surface area contributed by atoms with Crippen LogP contribution >= 0.6 is 0 Å². The number of hydrogen-bond donors (Lipinski definition) is 1. The van der Waals surface area contributed by atoms with Gasteiger partial charge in [-0.1, -0.05) is 26.7 Å². The monoisotopic (exact) mass is 276 g/mol. The third kappa shape index (κ3) is 3.84. The summed E-state index contributed by atoms with van der Waals surface area (Å²) in [6.45, 7) is 8.70. The molecular weight excluding hydrogens is 248 g/mol. The minimum atomic E-state index is 0.580. The van der Waals surface area contributed by atoms with E-state index in [0.29, 0.717) is 6.04 Å². The van der Waals surface area contributed by atoms with E-state index in [9.17, 15) is 0 Å². The summed E-state index contributed by atoms with van der Waals surface area (Å²) in [5.74, 6) is 3.02. The molecule has 0 aliphatic carbocycles. The van der Waals surface area contributed by atoms with Crippen LogP contribution in [0.15, 0.2) is 6.07 Å². The molecule has 1 aliphatic rings. The second-order valence-electron chi connectivity index (χ2n) is 5.70. The van der Waals surface area contributed by atoms with Gasteiger partial charge >= 0.3 is 0 Å². The number of aromatic nitrogens is 2. The van der Waals surface area contributed by atoms with Crippen molar-refractivity contribution >= 4 is 11.6 Å². The zero-order chi connectivity index (χ0) is 14.4. The summed E-state index contributed by atoms with van der Waals surface area (Å²) in [4.78, 5) is 11.8. The van der Waals surface area contributed by atoms with Gasteiger partial charge in [-0.2, -0.15) is 0 Å². The normalized spacial score (nSPS) is 19.8. The van der Waals surface area contributed by atoms with E-state index in [1.807, 2.05) is 0 Å². The molecule has 1 N–H and O–H groups in total. The third-order valence-corrected chi connectivity index (χ3v) is 3.98. The Morgan fingerprint density at radius 1 is 1.25 bits per heavy atom. The van der Waals surface area contributed by atoms with Crippen LogP contribution in [-0.4, -0.2) is 29.1 Å². The molecule has 1 saturated heterocycles. The maximum absolute atomic E-state index is 4.75. The van der Waals surface area contributed by atoms with Gasteiger partial charge in [0.25, 0.3) is 0 Å². The van der Waals surface area contributed by atoms with Gasteiger partial charge in [0.2, 0.25) is 0 Å². The van der Waals surface area contributed by atoms with Crippen molar-refractivity contribution < 1.29 is 0 Å². The Kier molecular flexibility index (Phi) is 5.62. The number of hydrogen-bond acceptors (Lipinski definition) is 4. The highest BCUT2D eigenvalue weighted by Gasteiger charge is 2.19. The van der Waals surface area contributed by atoms with Crippen molar-refractivity contribution in [3.63, 3.8) is 0 Å². The van der Waals surface area contributed by atoms with E-state index in [1.165, 1.54) is 25.7 Å². The Labute approximate surface area is 123 Å². The number of nitrogens with zero attached hydrogens (tertiary/aromatic N) is 3. The molecule has 2 heterocycles. The molecule has 0 amide bonds. The second kappa shape index (κ2) is 7.46. The lowest BCUT2D eigenvalue weighted by Gasteiger charge is -2.28. The Balaban J connectivity index is 2.23. The Morgan fingerprint density at radius 2 is 2.10 bits per heavy atom. The van der Waals surface area contributed by atoms with Crippen LogP contribution in [0, 0.1) is 0 Å². The highest BCUT2D eigenvalue weighted by molar-refractivity contribution is 5.50. The molecule has 4 nitrogen and oxygen atoms in total. The predicted molar refractivity (Wildman–Crippen MR) is 85.5 cm³/mol. The minimum Gasteiger partial charge on any atom is -0.370 e. The molecule has 1 aromatic rings. The van der Waals surface area contributed by atoms with Gasteiger partial charge in [-0.25, -0.2) is 9.97 Å². The van der Waals surface area contributed by atoms with E-state index in [-0.39, 0.29) is 0 Å². The van der Waals surface area contributed by atoms with Gasteiger partial charge in [-0.05, 0) is 26.2 Å². The van der Waals surface area contributed by atoms with Crippen molar-refractivity contribution in [3.05, 3.63) is 11.9 Å². The summed E-state index contributed by atoms with van der Waals surface area (Å²) in [6, 6.07) is 2.70. The second-order valence-corrected chi connectivity index (χ2v) is 5.70. The summed E-state index contributed by atoms with van der Waals surface area (Å²) in [7, 11) is 0. The molecule has 4 heteroatoms. The molecule has 1 unspecified atom stereocenters. The van der Waals surface area contributed by atoms with Gasteiger partial charge in [-0.3, -0.25) is 0 Å². The smallest absolute Gasteiger partial charge is 0.134 e. The quantitative estimate of drug-likeness (QED) is 0.891.